The smallest absolute Gasteiger partial charge is 0.225 e. The molecule has 2 amide bonds. The number of rotatable bonds is 8. The van der Waals surface area contributed by atoms with E-state index in [9.17, 15) is 9.59 Å². The zero-order chi connectivity index (χ0) is 15.7. The Balaban J connectivity index is 2.47. The first-order chi connectivity index (χ1) is 10.0. The second-order valence-corrected chi connectivity index (χ2v) is 5.04. The first-order valence-electron chi connectivity index (χ1n) is 7.44. The number of amides is 2. The van der Waals surface area contributed by atoms with Crippen LogP contribution in [0.1, 0.15) is 32.8 Å². The fourth-order valence-corrected chi connectivity index (χ4v) is 2.06. The minimum atomic E-state index is -0.0140. The molecule has 0 aliphatic rings. The van der Waals surface area contributed by atoms with Crippen molar-refractivity contribution >= 4 is 17.5 Å². The average molecular weight is 291 g/mol. The highest BCUT2D eigenvalue weighted by Gasteiger charge is 2.08. The van der Waals surface area contributed by atoms with Gasteiger partial charge < -0.3 is 16.0 Å². The summed E-state index contributed by atoms with van der Waals surface area (Å²) in [6, 6.07) is 7.53. The number of nitrogens with one attached hydrogen (secondary N) is 3. The normalized spacial score (nSPS) is 11.8. The number of anilines is 1. The summed E-state index contributed by atoms with van der Waals surface area (Å²) >= 11 is 0. The van der Waals surface area contributed by atoms with Gasteiger partial charge in [-0.05, 0) is 38.1 Å². The summed E-state index contributed by atoms with van der Waals surface area (Å²) in [5.74, 6) is -0.00586. The molecule has 0 fully saturated rings. The van der Waals surface area contributed by atoms with Crippen LogP contribution < -0.4 is 16.0 Å². The Labute approximate surface area is 126 Å². The van der Waals surface area contributed by atoms with Gasteiger partial charge in [0.15, 0.2) is 0 Å². The third-order valence-electron chi connectivity index (χ3n) is 3.02. The van der Waals surface area contributed by atoms with E-state index in [0.717, 1.165) is 17.8 Å². The number of hydrogen-bond acceptors (Lipinski definition) is 3. The predicted octanol–water partition coefficient (Wildman–Crippen LogP) is 1.69. The van der Waals surface area contributed by atoms with Crippen molar-refractivity contribution in [1.29, 1.82) is 0 Å². The molecule has 3 N–H and O–H groups in total. The minimum absolute atomic E-state index is 0.00810. The van der Waals surface area contributed by atoms with Crippen LogP contribution in [-0.4, -0.2) is 30.9 Å². The van der Waals surface area contributed by atoms with Crippen molar-refractivity contribution in [3.05, 3.63) is 29.8 Å². The Bertz CT molecular complexity index is 457. The molecule has 0 aliphatic carbocycles. The third-order valence-corrected chi connectivity index (χ3v) is 3.02. The number of carbonyl (C=O) groups excluding carboxylic acids is 2. The maximum Gasteiger partial charge on any atom is 0.225 e. The molecule has 1 unspecified atom stereocenters. The van der Waals surface area contributed by atoms with Gasteiger partial charge in [0.25, 0.3) is 0 Å². The number of likely N-dealkylation sites (N-methyl/N-ethyl adjacent to an activating group) is 1. The van der Waals surface area contributed by atoms with Crippen molar-refractivity contribution in [2.75, 3.05) is 18.4 Å². The van der Waals surface area contributed by atoms with Crippen molar-refractivity contribution in [1.82, 2.24) is 10.6 Å². The summed E-state index contributed by atoms with van der Waals surface area (Å²) in [7, 11) is 0. The topological polar surface area (TPSA) is 70.2 Å². The highest BCUT2D eigenvalue weighted by atomic mass is 16.2. The van der Waals surface area contributed by atoms with Crippen LogP contribution in [0.2, 0.25) is 0 Å². The maximum atomic E-state index is 11.8. The standard InChI is InChI=1S/C16H25N3O2/c1-4-17-12(3)10-16(21)19-14-8-6-13(7-9-14)11-15(20)18-5-2/h6-9,12,17H,4-5,10-11H2,1-3H3,(H,18,20)(H,19,21). The van der Waals surface area contributed by atoms with Crippen molar-refractivity contribution in [3.63, 3.8) is 0 Å². The second kappa shape index (κ2) is 9.13. The monoisotopic (exact) mass is 291 g/mol. The van der Waals surface area contributed by atoms with E-state index in [0.29, 0.717) is 19.4 Å². The van der Waals surface area contributed by atoms with Crippen LogP contribution in [0.3, 0.4) is 0 Å². The molecule has 1 atom stereocenters. The Morgan fingerprint density at radius 3 is 2.29 bits per heavy atom. The summed E-state index contributed by atoms with van der Waals surface area (Å²) in [4.78, 5) is 23.3. The molecule has 116 valence electrons. The van der Waals surface area contributed by atoms with Gasteiger partial charge in [-0.2, -0.15) is 0 Å². The maximum absolute atomic E-state index is 11.8. The molecule has 1 rings (SSSR count). The van der Waals surface area contributed by atoms with Crippen LogP contribution in [-0.2, 0) is 16.0 Å². The van der Waals surface area contributed by atoms with Gasteiger partial charge in [0, 0.05) is 24.7 Å². The lowest BCUT2D eigenvalue weighted by Crippen LogP contribution is -2.30. The molecule has 0 radical (unpaired) electrons. The van der Waals surface area contributed by atoms with Crippen molar-refractivity contribution in [2.24, 2.45) is 0 Å². The van der Waals surface area contributed by atoms with Crippen molar-refractivity contribution in [2.45, 2.75) is 39.7 Å². The summed E-state index contributed by atoms with van der Waals surface area (Å²) < 4.78 is 0. The van der Waals surface area contributed by atoms with Gasteiger partial charge in [-0.15, -0.1) is 0 Å². The molecule has 5 nitrogen and oxygen atoms in total. The molecule has 0 bridgehead atoms. The van der Waals surface area contributed by atoms with Crippen LogP contribution in [0.15, 0.2) is 24.3 Å². The zero-order valence-electron chi connectivity index (χ0n) is 13.0. The summed E-state index contributed by atoms with van der Waals surface area (Å²) in [6.07, 6.45) is 0.800. The lowest BCUT2D eigenvalue weighted by molar-refractivity contribution is -0.120. The minimum Gasteiger partial charge on any atom is -0.356 e. The molecule has 0 heterocycles. The van der Waals surface area contributed by atoms with E-state index in [-0.39, 0.29) is 17.9 Å². The van der Waals surface area contributed by atoms with Crippen molar-refractivity contribution in [3.8, 4) is 0 Å². The fraction of sp³-hybridized carbons (Fsp3) is 0.500. The number of hydrogen-bond donors (Lipinski definition) is 3. The first kappa shape index (κ1) is 17.2. The van der Waals surface area contributed by atoms with Crippen LogP contribution in [0.5, 0.6) is 0 Å². The molecule has 21 heavy (non-hydrogen) atoms. The Kier molecular flexibility index (Phi) is 7.46. The molecule has 0 spiro atoms. The van der Waals surface area contributed by atoms with Gasteiger partial charge in [-0.1, -0.05) is 19.1 Å². The summed E-state index contributed by atoms with van der Waals surface area (Å²) in [5, 5.41) is 8.82. The molecule has 0 saturated heterocycles. The molecular weight excluding hydrogens is 266 g/mol. The van der Waals surface area contributed by atoms with E-state index >= 15 is 0 Å². The lowest BCUT2D eigenvalue weighted by atomic mass is 10.1. The molecule has 1 aromatic rings. The van der Waals surface area contributed by atoms with Gasteiger partial charge in [0.1, 0.15) is 0 Å². The summed E-state index contributed by atoms with van der Waals surface area (Å²) in [6.45, 7) is 7.38. The summed E-state index contributed by atoms with van der Waals surface area (Å²) in [5.41, 5.74) is 1.68. The average Bonchev–Trinajstić information content (AvgIpc) is 2.41. The molecule has 1 aromatic carbocycles. The number of carbonyl (C=O) groups is 2. The largest absolute Gasteiger partial charge is 0.356 e. The van der Waals surface area contributed by atoms with Gasteiger partial charge >= 0.3 is 0 Å². The highest BCUT2D eigenvalue weighted by Crippen LogP contribution is 2.11. The van der Waals surface area contributed by atoms with E-state index in [1.54, 1.807) is 0 Å². The first-order valence-corrected chi connectivity index (χ1v) is 7.44. The Morgan fingerprint density at radius 1 is 1.05 bits per heavy atom. The van der Waals surface area contributed by atoms with Crippen LogP contribution in [0.4, 0.5) is 5.69 Å². The van der Waals surface area contributed by atoms with Crippen molar-refractivity contribution < 1.29 is 9.59 Å². The molecule has 0 aliphatic heterocycles. The Hall–Kier alpha value is -1.88. The molecule has 0 saturated carbocycles. The molecule has 5 heteroatoms. The van der Waals surface area contributed by atoms with E-state index in [1.165, 1.54) is 0 Å². The van der Waals surface area contributed by atoms with Gasteiger partial charge in [-0.3, -0.25) is 9.59 Å². The SMILES string of the molecule is CCNC(=O)Cc1ccc(NC(=O)CC(C)NCC)cc1. The van der Waals surface area contributed by atoms with E-state index < -0.39 is 0 Å². The highest BCUT2D eigenvalue weighted by molar-refractivity contribution is 5.91. The zero-order valence-corrected chi connectivity index (χ0v) is 13.0. The lowest BCUT2D eigenvalue weighted by Gasteiger charge is -2.12. The van der Waals surface area contributed by atoms with Crippen LogP contribution in [0, 0.1) is 0 Å². The predicted molar refractivity (Wildman–Crippen MR) is 85.2 cm³/mol. The van der Waals surface area contributed by atoms with Crippen LogP contribution >= 0.6 is 0 Å². The third kappa shape index (κ3) is 6.90. The van der Waals surface area contributed by atoms with Gasteiger partial charge in [-0.25, -0.2) is 0 Å². The van der Waals surface area contributed by atoms with E-state index in [2.05, 4.69) is 16.0 Å². The van der Waals surface area contributed by atoms with Crippen LogP contribution in [0.25, 0.3) is 0 Å². The number of benzene rings is 1. The van der Waals surface area contributed by atoms with E-state index in [4.69, 9.17) is 0 Å². The van der Waals surface area contributed by atoms with Gasteiger partial charge in [0.05, 0.1) is 6.42 Å². The Morgan fingerprint density at radius 2 is 1.71 bits per heavy atom. The molecule has 0 aromatic heterocycles. The quantitative estimate of drug-likeness (QED) is 0.682. The second-order valence-electron chi connectivity index (χ2n) is 5.04. The van der Waals surface area contributed by atoms with E-state index in [1.807, 2.05) is 45.0 Å². The van der Waals surface area contributed by atoms with Gasteiger partial charge in [0.2, 0.25) is 11.8 Å². The molecular formula is C16H25N3O2. The fourth-order valence-electron chi connectivity index (χ4n) is 2.06.